The Balaban J connectivity index is 1.96. The summed E-state index contributed by atoms with van der Waals surface area (Å²) >= 11 is 0. The van der Waals surface area contributed by atoms with Gasteiger partial charge in [-0.25, -0.2) is 4.79 Å². The third kappa shape index (κ3) is 26.5. The van der Waals surface area contributed by atoms with Crippen molar-refractivity contribution >= 4 is 23.7 Å². The number of nitrogens with zero attached hydrogens (tertiary/aromatic N) is 1. The number of carbonyl (C=O) groups excluding carboxylic acids is 4. The maximum Gasteiger partial charge on any atom is 0.407 e. The Morgan fingerprint density at radius 3 is 1.49 bits per heavy atom. The van der Waals surface area contributed by atoms with E-state index in [2.05, 4.69) is 24.5 Å². The highest BCUT2D eigenvalue weighted by molar-refractivity contribution is 5.90. The molecular formula is C54H96N4O9. The Bertz CT molecular complexity index is 1420. The Labute approximate surface area is 405 Å². The number of nitrogens with one attached hydrogen (secondary N) is 2. The first kappa shape index (κ1) is 60.0. The first-order valence-electron chi connectivity index (χ1n) is 27.1. The van der Waals surface area contributed by atoms with E-state index in [-0.39, 0.29) is 25.5 Å². The average Bonchev–Trinajstić information content (AvgIpc) is 3.33. The maximum atomic E-state index is 14.2. The van der Waals surface area contributed by atoms with Crippen LogP contribution in [0.1, 0.15) is 225 Å². The Morgan fingerprint density at radius 2 is 1.04 bits per heavy atom. The van der Waals surface area contributed by atoms with Gasteiger partial charge in [0.2, 0.25) is 17.7 Å². The highest BCUT2D eigenvalue weighted by atomic mass is 16.6. The molecule has 5 atom stereocenters. The molecule has 1 saturated heterocycles. The smallest absolute Gasteiger partial charge is 0.407 e. The van der Waals surface area contributed by atoms with Crippen LogP contribution in [-0.2, 0) is 30.5 Å². The van der Waals surface area contributed by atoms with Crippen LogP contribution < -0.4 is 16.4 Å². The number of ether oxygens (including phenoxy) is 2. The van der Waals surface area contributed by atoms with Crippen molar-refractivity contribution in [3.05, 3.63) is 35.9 Å². The average molecular weight is 945 g/mol. The lowest BCUT2D eigenvalue weighted by Gasteiger charge is -2.52. The quantitative estimate of drug-likeness (QED) is 0.0271. The van der Waals surface area contributed by atoms with E-state index in [0.717, 1.165) is 50.5 Å². The number of alkyl carbamates (subject to hydrolysis) is 1. The maximum absolute atomic E-state index is 14.2. The number of hydrogen-bond donors (Lipinski definition) is 6. The molecule has 1 aliphatic rings. The molecule has 0 saturated carbocycles. The van der Waals surface area contributed by atoms with Crippen LogP contribution >= 0.6 is 0 Å². The molecule has 2 rings (SSSR count). The summed E-state index contributed by atoms with van der Waals surface area (Å²) < 4.78 is 11.2. The molecule has 1 aliphatic heterocycles. The van der Waals surface area contributed by atoms with Crippen LogP contribution in [0.3, 0.4) is 0 Å². The van der Waals surface area contributed by atoms with E-state index in [1.165, 1.54) is 146 Å². The van der Waals surface area contributed by atoms with Gasteiger partial charge in [-0.05, 0) is 18.4 Å². The van der Waals surface area contributed by atoms with Crippen molar-refractivity contribution in [2.45, 2.75) is 250 Å². The Morgan fingerprint density at radius 1 is 0.612 bits per heavy atom. The van der Waals surface area contributed by atoms with Crippen LogP contribution in [0.5, 0.6) is 0 Å². The number of benzene rings is 1. The predicted molar refractivity (Wildman–Crippen MR) is 268 cm³/mol. The molecule has 0 unspecified atom stereocenters. The minimum atomic E-state index is -2.21. The van der Waals surface area contributed by atoms with Gasteiger partial charge in [0, 0.05) is 13.0 Å². The van der Waals surface area contributed by atoms with Crippen molar-refractivity contribution in [3.63, 3.8) is 0 Å². The van der Waals surface area contributed by atoms with E-state index in [4.69, 9.17) is 15.2 Å². The van der Waals surface area contributed by atoms with Crippen molar-refractivity contribution in [2.75, 3.05) is 26.2 Å². The van der Waals surface area contributed by atoms with Crippen molar-refractivity contribution in [2.24, 2.45) is 11.7 Å². The molecule has 0 bridgehead atoms. The van der Waals surface area contributed by atoms with E-state index in [1.807, 2.05) is 18.2 Å². The van der Waals surface area contributed by atoms with Crippen molar-refractivity contribution in [1.29, 1.82) is 0 Å². The third-order valence-corrected chi connectivity index (χ3v) is 13.4. The van der Waals surface area contributed by atoms with Gasteiger partial charge < -0.3 is 40.3 Å². The molecule has 13 nitrogen and oxygen atoms in total. The minimum Gasteiger partial charge on any atom is -0.445 e. The number of aliphatic hydroxyl groups excluding tert-OH is 3. The minimum absolute atomic E-state index is 0.0101. The molecule has 3 amide bonds. The zero-order valence-corrected chi connectivity index (χ0v) is 42.2. The van der Waals surface area contributed by atoms with E-state index in [1.54, 1.807) is 12.1 Å². The molecule has 1 aromatic rings. The molecule has 1 aromatic carbocycles. The first-order chi connectivity index (χ1) is 32.6. The molecule has 0 aromatic heterocycles. The Kier molecular flexibility index (Phi) is 34.7. The second-order valence-electron chi connectivity index (χ2n) is 19.3. The van der Waals surface area contributed by atoms with Crippen LogP contribution in [0.2, 0.25) is 0 Å². The topological polar surface area (TPSA) is 201 Å². The van der Waals surface area contributed by atoms with Gasteiger partial charge in [-0.2, -0.15) is 0 Å². The van der Waals surface area contributed by atoms with Crippen molar-refractivity contribution < 1.29 is 44.0 Å². The summed E-state index contributed by atoms with van der Waals surface area (Å²) in [5.74, 6) is -5.68. The van der Waals surface area contributed by atoms with Gasteiger partial charge in [0.15, 0.2) is 5.78 Å². The molecule has 7 N–H and O–H groups in total. The van der Waals surface area contributed by atoms with Crippen LogP contribution in [-0.4, -0.2) is 94.3 Å². The number of Topliss-reactive ketones (excluding diaryl/α,β-unsaturated/α-hetero) is 1. The zero-order valence-electron chi connectivity index (χ0n) is 42.2. The highest BCUT2D eigenvalue weighted by Gasteiger charge is 2.58. The fourth-order valence-electron chi connectivity index (χ4n) is 9.22. The molecular weight excluding hydrogens is 849 g/mol. The summed E-state index contributed by atoms with van der Waals surface area (Å²) in [6.45, 7) is 2.84. The predicted octanol–water partition coefficient (Wildman–Crippen LogP) is 10.3. The summed E-state index contributed by atoms with van der Waals surface area (Å²) in [4.78, 5) is 54.5. The number of unbranched alkanes of at least 4 members (excludes halogenated alkanes) is 29. The number of carbonyl (C=O) groups is 4. The van der Waals surface area contributed by atoms with Crippen LogP contribution in [0.4, 0.5) is 4.79 Å². The van der Waals surface area contributed by atoms with Gasteiger partial charge in [-0.15, -0.1) is 0 Å². The fraction of sp³-hybridized carbons (Fsp3) is 0.815. The van der Waals surface area contributed by atoms with E-state index in [0.29, 0.717) is 12.8 Å². The van der Waals surface area contributed by atoms with E-state index >= 15 is 0 Å². The number of amides is 3. The van der Waals surface area contributed by atoms with Crippen LogP contribution in [0.15, 0.2) is 30.3 Å². The molecule has 0 aliphatic carbocycles. The SMILES string of the molecule is CCCCCCCCCCCCCCCCCCN(C(=O)CCCCCCCCCCCCCCCCC)[C@]1(N)O[C@H](CO)[C@@H](O)[C@H](O)[C@H]1C(=O)CNC(=O)CNC(=O)OCc1ccccc1. The fourth-order valence-corrected chi connectivity index (χ4v) is 9.22. The zero-order chi connectivity index (χ0) is 48.8. The van der Waals surface area contributed by atoms with Crippen LogP contribution in [0, 0.1) is 5.92 Å². The number of ketones is 1. The normalized spacial score (nSPS) is 19.3. The van der Waals surface area contributed by atoms with Gasteiger partial charge in [0.05, 0.1) is 19.3 Å². The first-order valence-corrected chi connectivity index (χ1v) is 27.1. The number of aliphatic hydroxyl groups is 3. The monoisotopic (exact) mass is 945 g/mol. The molecule has 1 heterocycles. The highest BCUT2D eigenvalue weighted by Crippen LogP contribution is 2.36. The molecule has 386 valence electrons. The lowest BCUT2D eigenvalue weighted by Crippen LogP contribution is -2.75. The van der Waals surface area contributed by atoms with Gasteiger partial charge in [0.1, 0.15) is 31.3 Å². The Hall–Kier alpha value is -3.10. The molecule has 13 heteroatoms. The summed E-state index contributed by atoms with van der Waals surface area (Å²) in [6.07, 6.45) is 31.4. The molecule has 0 spiro atoms. The van der Waals surface area contributed by atoms with Crippen molar-refractivity contribution in [1.82, 2.24) is 15.5 Å². The third-order valence-electron chi connectivity index (χ3n) is 13.4. The van der Waals surface area contributed by atoms with Crippen molar-refractivity contribution in [3.8, 4) is 0 Å². The van der Waals surface area contributed by atoms with Gasteiger partial charge in [-0.3, -0.25) is 20.1 Å². The number of hydrogen-bond acceptors (Lipinski definition) is 10. The standard InChI is InChI=1S/C54H96N4O9/c1-3-5-7-9-11-13-15-17-19-21-23-25-27-29-31-36-40-58(49(62)39-35-30-28-26-24-22-20-18-16-14-12-10-8-6-4-2)54(55)50(52(64)51(63)47(43-59)67-54)46(60)41-56-48(61)42-57-53(65)66-44-45-37-33-32-34-38-45/h32-34,37-38,47,50-52,59,63-64H,3-31,35-36,39-44,55H2,1-2H3,(H,56,61)(H,57,65)/t47-,50-,51-,52-,54+/m1/s1. The molecule has 0 radical (unpaired) electrons. The summed E-state index contributed by atoms with van der Waals surface area (Å²) in [6, 6.07) is 9.05. The second-order valence-corrected chi connectivity index (χ2v) is 19.3. The summed E-state index contributed by atoms with van der Waals surface area (Å²) in [7, 11) is 0. The van der Waals surface area contributed by atoms with Crippen LogP contribution in [0.25, 0.3) is 0 Å². The largest absolute Gasteiger partial charge is 0.445 e. The van der Waals surface area contributed by atoms with Gasteiger partial charge in [-0.1, -0.05) is 230 Å². The van der Waals surface area contributed by atoms with Gasteiger partial charge in [0.25, 0.3) is 0 Å². The molecule has 1 fully saturated rings. The number of nitrogens with two attached hydrogens (primary N) is 1. The lowest BCUT2D eigenvalue weighted by atomic mass is 9.82. The van der Waals surface area contributed by atoms with E-state index in [9.17, 15) is 34.5 Å². The second kappa shape index (κ2) is 38.7. The lowest BCUT2D eigenvalue weighted by molar-refractivity contribution is -0.291. The molecule has 67 heavy (non-hydrogen) atoms. The van der Waals surface area contributed by atoms with Gasteiger partial charge >= 0.3 is 6.09 Å². The summed E-state index contributed by atoms with van der Waals surface area (Å²) in [5, 5.41) is 37.3. The number of rotatable bonds is 42. The summed E-state index contributed by atoms with van der Waals surface area (Å²) in [5.41, 5.74) is 7.74. The van der Waals surface area contributed by atoms with E-state index < -0.39 is 67.6 Å².